The van der Waals surface area contributed by atoms with Gasteiger partial charge in [0.05, 0.1) is 17.3 Å². The summed E-state index contributed by atoms with van der Waals surface area (Å²) in [5.41, 5.74) is 1.02. The van der Waals surface area contributed by atoms with E-state index in [1.165, 1.54) is 12.1 Å². The Balaban J connectivity index is 1.85. The largest absolute Gasteiger partial charge is 0.463 e. The highest BCUT2D eigenvalue weighted by Gasteiger charge is 2.39. The highest BCUT2D eigenvalue weighted by molar-refractivity contribution is 6.19. The zero-order valence-corrected chi connectivity index (χ0v) is 12.4. The van der Waals surface area contributed by atoms with Crippen LogP contribution in [-0.2, 0) is 10.3 Å². The molecule has 0 saturated carbocycles. The number of alkyl halides is 1. The van der Waals surface area contributed by atoms with Gasteiger partial charge in [-0.2, -0.15) is 0 Å². The minimum absolute atomic E-state index is 0.0361. The molecule has 0 bridgehead atoms. The predicted molar refractivity (Wildman–Crippen MR) is 84.4 cm³/mol. The van der Waals surface area contributed by atoms with Gasteiger partial charge in [0.1, 0.15) is 0 Å². The number of hydrogen-bond donors (Lipinski definition) is 0. The van der Waals surface area contributed by atoms with E-state index in [4.69, 9.17) is 16.3 Å². The summed E-state index contributed by atoms with van der Waals surface area (Å²) in [6.45, 7) is 0.423. The first kappa shape index (κ1) is 14.5. The lowest BCUT2D eigenvalue weighted by Gasteiger charge is -2.26. The molecule has 1 atom stereocenters. The Hall–Kier alpha value is -2.40. The molecule has 0 spiro atoms. The number of benzene rings is 2. The fraction of sp³-hybridized carbons (Fsp3) is 0.188. The van der Waals surface area contributed by atoms with Crippen LogP contribution in [0.15, 0.2) is 59.6 Å². The highest BCUT2D eigenvalue weighted by atomic mass is 35.5. The van der Waals surface area contributed by atoms with Gasteiger partial charge in [-0.25, -0.2) is 4.99 Å². The van der Waals surface area contributed by atoms with E-state index in [9.17, 15) is 10.1 Å². The van der Waals surface area contributed by atoms with Crippen LogP contribution >= 0.6 is 11.6 Å². The first-order valence-corrected chi connectivity index (χ1v) is 7.28. The molecule has 22 heavy (non-hydrogen) atoms. The van der Waals surface area contributed by atoms with Crippen molar-refractivity contribution in [2.75, 3.05) is 12.4 Å². The van der Waals surface area contributed by atoms with Crippen molar-refractivity contribution in [3.05, 3.63) is 75.8 Å². The molecule has 6 heteroatoms. The Kier molecular flexibility index (Phi) is 3.81. The van der Waals surface area contributed by atoms with Gasteiger partial charge in [-0.05, 0) is 17.7 Å². The average Bonchev–Trinajstić information content (AvgIpc) is 3.02. The zero-order valence-electron chi connectivity index (χ0n) is 11.6. The average molecular weight is 317 g/mol. The number of hydrogen-bond acceptors (Lipinski definition) is 4. The van der Waals surface area contributed by atoms with E-state index >= 15 is 0 Å². The fourth-order valence-electron chi connectivity index (χ4n) is 2.36. The lowest BCUT2D eigenvalue weighted by molar-refractivity contribution is -0.384. The topological polar surface area (TPSA) is 64.7 Å². The lowest BCUT2D eigenvalue weighted by atomic mass is 9.96. The SMILES string of the molecule is O=[N+]([O-])c1ccc(C2=NC[C@@](CCl)(c3ccccc3)O2)cc1. The number of non-ortho nitro benzene ring substituents is 1. The van der Waals surface area contributed by atoms with Crippen molar-refractivity contribution in [1.82, 2.24) is 0 Å². The van der Waals surface area contributed by atoms with Gasteiger partial charge in [0, 0.05) is 17.7 Å². The molecule has 0 fully saturated rings. The van der Waals surface area contributed by atoms with E-state index in [0.29, 0.717) is 18.0 Å². The molecule has 0 saturated heterocycles. The minimum atomic E-state index is -0.681. The summed E-state index contributed by atoms with van der Waals surface area (Å²) in [7, 11) is 0. The monoisotopic (exact) mass is 316 g/mol. The van der Waals surface area contributed by atoms with Crippen LogP contribution < -0.4 is 0 Å². The number of nitro groups is 1. The summed E-state index contributed by atoms with van der Waals surface area (Å²) in [5.74, 6) is 0.733. The van der Waals surface area contributed by atoms with Gasteiger partial charge in [-0.1, -0.05) is 30.3 Å². The third-order valence-electron chi connectivity index (χ3n) is 3.61. The van der Waals surface area contributed by atoms with Crippen molar-refractivity contribution in [3.63, 3.8) is 0 Å². The van der Waals surface area contributed by atoms with Gasteiger partial charge in [-0.3, -0.25) is 10.1 Å². The van der Waals surface area contributed by atoms with Crippen molar-refractivity contribution in [2.24, 2.45) is 4.99 Å². The second kappa shape index (κ2) is 5.77. The number of nitrogens with zero attached hydrogens (tertiary/aromatic N) is 2. The van der Waals surface area contributed by atoms with Crippen molar-refractivity contribution < 1.29 is 9.66 Å². The maximum atomic E-state index is 10.7. The molecule has 3 rings (SSSR count). The number of ether oxygens (including phenoxy) is 1. The summed E-state index contributed by atoms with van der Waals surface area (Å²) < 4.78 is 6.02. The Bertz CT molecular complexity index is 716. The van der Waals surface area contributed by atoms with E-state index in [2.05, 4.69) is 4.99 Å². The molecule has 112 valence electrons. The van der Waals surface area contributed by atoms with E-state index < -0.39 is 10.5 Å². The smallest absolute Gasteiger partial charge is 0.269 e. The summed E-state index contributed by atoms with van der Waals surface area (Å²) in [6, 6.07) is 15.8. The Labute approximate surface area is 132 Å². The fourth-order valence-corrected chi connectivity index (χ4v) is 2.66. The van der Waals surface area contributed by atoms with Crippen LogP contribution in [0.25, 0.3) is 0 Å². The highest BCUT2D eigenvalue weighted by Crippen LogP contribution is 2.33. The van der Waals surface area contributed by atoms with Crippen LogP contribution in [0.3, 0.4) is 0 Å². The molecule has 0 N–H and O–H groups in total. The molecule has 2 aromatic rings. The normalized spacial score (nSPS) is 20.3. The van der Waals surface area contributed by atoms with Crippen molar-refractivity contribution in [1.29, 1.82) is 0 Å². The van der Waals surface area contributed by atoms with E-state index in [1.807, 2.05) is 30.3 Å². The maximum absolute atomic E-state index is 10.7. The number of halogens is 1. The van der Waals surface area contributed by atoms with Crippen LogP contribution in [-0.4, -0.2) is 23.2 Å². The Morgan fingerprint density at radius 2 is 1.86 bits per heavy atom. The second-order valence-corrected chi connectivity index (χ2v) is 5.29. The molecular formula is C16H13ClN2O3. The molecule has 0 unspecified atom stereocenters. The van der Waals surface area contributed by atoms with Crippen LogP contribution in [0.1, 0.15) is 11.1 Å². The third kappa shape index (κ3) is 2.55. The number of rotatable bonds is 4. The first-order chi connectivity index (χ1) is 10.6. The van der Waals surface area contributed by atoms with Crippen LogP contribution in [0.4, 0.5) is 5.69 Å². The summed E-state index contributed by atoms with van der Waals surface area (Å²) in [6.07, 6.45) is 0. The molecule has 5 nitrogen and oxygen atoms in total. The first-order valence-electron chi connectivity index (χ1n) is 6.74. The third-order valence-corrected chi connectivity index (χ3v) is 4.04. The molecule has 0 aliphatic carbocycles. The minimum Gasteiger partial charge on any atom is -0.463 e. The molecule has 2 aromatic carbocycles. The van der Waals surface area contributed by atoms with Crippen LogP contribution in [0, 0.1) is 10.1 Å². The van der Waals surface area contributed by atoms with Gasteiger partial charge >= 0.3 is 0 Å². The Morgan fingerprint density at radius 1 is 1.18 bits per heavy atom. The quantitative estimate of drug-likeness (QED) is 0.492. The van der Waals surface area contributed by atoms with Gasteiger partial charge < -0.3 is 4.74 Å². The van der Waals surface area contributed by atoms with Crippen molar-refractivity contribution >= 4 is 23.2 Å². The summed E-state index contributed by atoms with van der Waals surface area (Å²) in [4.78, 5) is 14.7. The summed E-state index contributed by atoms with van der Waals surface area (Å²) in [5, 5.41) is 10.7. The van der Waals surface area contributed by atoms with E-state index in [0.717, 1.165) is 5.56 Å². The summed E-state index contributed by atoms with van der Waals surface area (Å²) >= 11 is 6.13. The molecule has 1 aliphatic heterocycles. The molecule has 0 amide bonds. The van der Waals surface area contributed by atoms with E-state index in [1.54, 1.807) is 12.1 Å². The molecule has 1 aliphatic rings. The van der Waals surface area contributed by atoms with Gasteiger partial charge in [-0.15, -0.1) is 11.6 Å². The molecule has 0 radical (unpaired) electrons. The van der Waals surface area contributed by atoms with Crippen molar-refractivity contribution in [2.45, 2.75) is 5.60 Å². The molecule has 0 aromatic heterocycles. The zero-order chi connectivity index (χ0) is 15.6. The van der Waals surface area contributed by atoms with Gasteiger partial charge in [0.15, 0.2) is 5.60 Å². The van der Waals surface area contributed by atoms with E-state index in [-0.39, 0.29) is 11.6 Å². The number of nitro benzene ring substituents is 1. The predicted octanol–water partition coefficient (Wildman–Crippen LogP) is 3.51. The standard InChI is InChI=1S/C16H13ClN2O3/c17-10-16(13-4-2-1-3-5-13)11-18-15(22-16)12-6-8-14(9-7-12)19(20)21/h1-9H,10-11H2/t16-/m0/s1. The van der Waals surface area contributed by atoms with Crippen LogP contribution in [0.2, 0.25) is 0 Å². The van der Waals surface area contributed by atoms with Gasteiger partial charge in [0.2, 0.25) is 5.90 Å². The molecular weight excluding hydrogens is 304 g/mol. The number of aliphatic imine (C=N–C) groups is 1. The lowest BCUT2D eigenvalue weighted by Crippen LogP contribution is -2.32. The maximum Gasteiger partial charge on any atom is 0.269 e. The van der Waals surface area contributed by atoms with Gasteiger partial charge in [0.25, 0.3) is 5.69 Å². The van der Waals surface area contributed by atoms with Crippen molar-refractivity contribution in [3.8, 4) is 0 Å². The molecule has 1 heterocycles. The van der Waals surface area contributed by atoms with Crippen LogP contribution in [0.5, 0.6) is 0 Å². The second-order valence-electron chi connectivity index (χ2n) is 5.02. The Morgan fingerprint density at radius 3 is 2.45 bits per heavy atom.